The van der Waals surface area contributed by atoms with E-state index >= 15 is 0 Å². The number of aromatic hydroxyl groups is 1. The van der Waals surface area contributed by atoms with Crippen molar-refractivity contribution in [3.05, 3.63) is 23.1 Å². The van der Waals surface area contributed by atoms with Crippen molar-refractivity contribution in [2.45, 2.75) is 6.61 Å². The lowest BCUT2D eigenvalue weighted by Gasteiger charge is -2.04. The minimum absolute atomic E-state index is 0.132. The maximum Gasteiger partial charge on any atom is 0.129 e. The van der Waals surface area contributed by atoms with E-state index in [9.17, 15) is 5.11 Å². The van der Waals surface area contributed by atoms with E-state index in [1.807, 2.05) is 5.38 Å². The fourth-order valence-electron chi connectivity index (χ4n) is 1.33. The molecule has 2 aromatic rings. The largest absolute Gasteiger partial charge is 0.507 e. The lowest BCUT2D eigenvalue weighted by molar-refractivity contribution is 0.276. The number of anilines is 1. The highest BCUT2D eigenvalue weighted by atomic mass is 32.1. The maximum absolute atomic E-state index is 9.65. The van der Waals surface area contributed by atoms with Crippen LogP contribution in [0.25, 0.3) is 10.1 Å². The van der Waals surface area contributed by atoms with Crippen LogP contribution in [0.3, 0.4) is 0 Å². The second kappa shape index (κ2) is 2.90. The number of aliphatic hydroxyl groups excluding tert-OH is 1. The van der Waals surface area contributed by atoms with Gasteiger partial charge in [0.15, 0.2) is 0 Å². The predicted octanol–water partition coefficient (Wildman–Crippen LogP) is 1.68. The van der Waals surface area contributed by atoms with Crippen LogP contribution in [0.1, 0.15) is 5.56 Å². The van der Waals surface area contributed by atoms with Gasteiger partial charge in [-0.2, -0.15) is 0 Å². The fraction of sp³-hybridized carbons (Fsp3) is 0.111. The van der Waals surface area contributed by atoms with Crippen LogP contribution in [0.4, 0.5) is 5.69 Å². The minimum Gasteiger partial charge on any atom is -0.507 e. The summed E-state index contributed by atoms with van der Waals surface area (Å²) in [6, 6.07) is 3.40. The van der Waals surface area contributed by atoms with Gasteiger partial charge in [0, 0.05) is 10.9 Å². The average Bonchev–Trinajstić information content (AvgIpc) is 2.60. The van der Waals surface area contributed by atoms with Crippen molar-refractivity contribution in [2.75, 3.05) is 5.73 Å². The Morgan fingerprint density at radius 2 is 2.23 bits per heavy atom. The van der Waals surface area contributed by atoms with Gasteiger partial charge in [0.2, 0.25) is 0 Å². The van der Waals surface area contributed by atoms with Gasteiger partial charge in [-0.05, 0) is 17.5 Å². The lowest BCUT2D eigenvalue weighted by atomic mass is 10.1. The molecule has 1 heterocycles. The van der Waals surface area contributed by atoms with Crippen LogP contribution in [-0.2, 0) is 6.61 Å². The van der Waals surface area contributed by atoms with Crippen molar-refractivity contribution in [2.24, 2.45) is 0 Å². The number of hydrogen-bond acceptors (Lipinski definition) is 4. The topological polar surface area (TPSA) is 66.5 Å². The van der Waals surface area contributed by atoms with Crippen molar-refractivity contribution < 1.29 is 10.2 Å². The van der Waals surface area contributed by atoms with Crippen LogP contribution in [0.15, 0.2) is 17.5 Å². The van der Waals surface area contributed by atoms with E-state index in [0.29, 0.717) is 16.6 Å². The van der Waals surface area contributed by atoms with E-state index in [2.05, 4.69) is 0 Å². The van der Waals surface area contributed by atoms with Crippen molar-refractivity contribution in [1.29, 1.82) is 0 Å². The molecule has 0 atom stereocenters. The van der Waals surface area contributed by atoms with Gasteiger partial charge in [-0.25, -0.2) is 0 Å². The van der Waals surface area contributed by atoms with Crippen LogP contribution in [-0.4, -0.2) is 10.2 Å². The highest BCUT2D eigenvalue weighted by Crippen LogP contribution is 2.36. The van der Waals surface area contributed by atoms with E-state index < -0.39 is 0 Å². The molecule has 0 radical (unpaired) electrons. The molecule has 4 N–H and O–H groups in total. The average molecular weight is 195 g/mol. The van der Waals surface area contributed by atoms with Gasteiger partial charge < -0.3 is 15.9 Å². The number of nitrogens with two attached hydrogens (primary N) is 1. The summed E-state index contributed by atoms with van der Waals surface area (Å²) in [5.41, 5.74) is 6.81. The van der Waals surface area contributed by atoms with E-state index in [4.69, 9.17) is 10.8 Å². The summed E-state index contributed by atoms with van der Waals surface area (Å²) in [5.74, 6) is 0.132. The predicted molar refractivity (Wildman–Crippen MR) is 53.8 cm³/mol. The molecule has 1 aromatic carbocycles. The molecule has 2 rings (SSSR count). The van der Waals surface area contributed by atoms with Crippen LogP contribution >= 0.6 is 11.3 Å². The molecule has 0 spiro atoms. The number of hydrogen-bond donors (Lipinski definition) is 3. The number of rotatable bonds is 1. The first-order chi connectivity index (χ1) is 6.24. The van der Waals surface area contributed by atoms with Gasteiger partial charge in [0.1, 0.15) is 5.75 Å². The van der Waals surface area contributed by atoms with Gasteiger partial charge in [-0.1, -0.05) is 0 Å². The zero-order valence-electron chi connectivity index (χ0n) is 6.82. The molecule has 0 aliphatic carbocycles. The summed E-state index contributed by atoms with van der Waals surface area (Å²) >= 11 is 1.48. The van der Waals surface area contributed by atoms with E-state index in [0.717, 1.165) is 4.70 Å². The molecule has 0 aliphatic rings. The van der Waals surface area contributed by atoms with Gasteiger partial charge >= 0.3 is 0 Å². The quantitative estimate of drug-likeness (QED) is 0.479. The summed E-state index contributed by atoms with van der Waals surface area (Å²) in [6.07, 6.45) is 0. The number of nitrogen functional groups attached to an aromatic ring is 1. The van der Waals surface area contributed by atoms with Gasteiger partial charge in [0.05, 0.1) is 17.0 Å². The number of phenols is 1. The van der Waals surface area contributed by atoms with Crippen molar-refractivity contribution in [3.8, 4) is 5.75 Å². The van der Waals surface area contributed by atoms with Gasteiger partial charge in [-0.3, -0.25) is 0 Å². The minimum atomic E-state index is -0.193. The Labute approximate surface area is 79.0 Å². The molecule has 0 amide bonds. The van der Waals surface area contributed by atoms with Gasteiger partial charge in [0.25, 0.3) is 0 Å². The van der Waals surface area contributed by atoms with E-state index in [-0.39, 0.29) is 12.4 Å². The molecule has 0 bridgehead atoms. The Balaban J connectivity index is 2.85. The SMILES string of the molecule is Nc1cc(CO)c(O)c2ccsc12. The molecule has 1 aromatic heterocycles. The Kier molecular flexibility index (Phi) is 1.86. The molecule has 3 nitrogen and oxygen atoms in total. The smallest absolute Gasteiger partial charge is 0.129 e. The first-order valence-corrected chi connectivity index (χ1v) is 4.70. The summed E-state index contributed by atoms with van der Waals surface area (Å²) in [6.45, 7) is -0.193. The third-order valence-electron chi connectivity index (χ3n) is 1.99. The Morgan fingerprint density at radius 1 is 1.46 bits per heavy atom. The zero-order chi connectivity index (χ0) is 9.42. The summed E-state index contributed by atoms with van der Waals surface area (Å²) in [4.78, 5) is 0. The van der Waals surface area contributed by atoms with E-state index in [1.54, 1.807) is 12.1 Å². The normalized spacial score (nSPS) is 10.8. The monoisotopic (exact) mass is 195 g/mol. The van der Waals surface area contributed by atoms with E-state index in [1.165, 1.54) is 11.3 Å². The van der Waals surface area contributed by atoms with Crippen molar-refractivity contribution >= 4 is 27.1 Å². The molecular weight excluding hydrogens is 186 g/mol. The van der Waals surface area contributed by atoms with Crippen molar-refractivity contribution in [1.82, 2.24) is 0 Å². The third kappa shape index (κ3) is 1.15. The number of aliphatic hydroxyl groups is 1. The summed E-state index contributed by atoms with van der Waals surface area (Å²) < 4.78 is 0.870. The Bertz CT molecular complexity index is 450. The first kappa shape index (κ1) is 8.34. The maximum atomic E-state index is 9.65. The molecular formula is C9H9NO2S. The Hall–Kier alpha value is -1.26. The summed E-state index contributed by atoms with van der Waals surface area (Å²) in [5, 5.41) is 21.2. The van der Waals surface area contributed by atoms with Crippen LogP contribution in [0, 0.1) is 0 Å². The molecule has 0 unspecified atom stereocenters. The first-order valence-electron chi connectivity index (χ1n) is 3.82. The molecule has 0 fully saturated rings. The standard InChI is InChI=1S/C9H9NO2S/c10-7-3-5(4-11)8(12)6-1-2-13-9(6)7/h1-3,11-12H,4,10H2. The number of benzene rings is 1. The highest BCUT2D eigenvalue weighted by Gasteiger charge is 2.09. The highest BCUT2D eigenvalue weighted by molar-refractivity contribution is 7.17. The number of thiophene rings is 1. The molecule has 68 valence electrons. The summed E-state index contributed by atoms with van der Waals surface area (Å²) in [7, 11) is 0. The molecule has 0 aliphatic heterocycles. The van der Waals surface area contributed by atoms with Crippen LogP contribution in [0.5, 0.6) is 5.75 Å². The third-order valence-corrected chi connectivity index (χ3v) is 2.95. The second-order valence-electron chi connectivity index (χ2n) is 2.80. The van der Waals surface area contributed by atoms with Crippen LogP contribution in [0.2, 0.25) is 0 Å². The zero-order valence-corrected chi connectivity index (χ0v) is 7.64. The van der Waals surface area contributed by atoms with Gasteiger partial charge in [-0.15, -0.1) is 11.3 Å². The second-order valence-corrected chi connectivity index (χ2v) is 3.71. The Morgan fingerprint density at radius 3 is 2.92 bits per heavy atom. The van der Waals surface area contributed by atoms with Crippen molar-refractivity contribution in [3.63, 3.8) is 0 Å². The lowest BCUT2D eigenvalue weighted by Crippen LogP contribution is -1.90. The molecule has 0 saturated heterocycles. The molecule has 4 heteroatoms. The molecule has 0 saturated carbocycles. The molecule has 13 heavy (non-hydrogen) atoms. The number of fused-ring (bicyclic) bond motifs is 1. The fourth-order valence-corrected chi connectivity index (χ4v) is 2.16. The van der Waals surface area contributed by atoms with Crippen LogP contribution < -0.4 is 5.73 Å².